The summed E-state index contributed by atoms with van der Waals surface area (Å²) < 4.78 is 0. The van der Waals surface area contributed by atoms with Crippen molar-refractivity contribution in [3.63, 3.8) is 0 Å². The van der Waals surface area contributed by atoms with Gasteiger partial charge in [-0.05, 0) is 25.8 Å². The maximum atomic E-state index is 11.3. The molecule has 1 aliphatic carbocycles. The molecule has 5 nitrogen and oxygen atoms in total. The van der Waals surface area contributed by atoms with E-state index in [9.17, 15) is 4.79 Å². The Labute approximate surface area is 96.9 Å². The van der Waals surface area contributed by atoms with Crippen molar-refractivity contribution in [2.24, 2.45) is 0 Å². The normalized spacial score (nSPS) is 21.8. The number of carbonyl (C=O) groups is 1. The van der Waals surface area contributed by atoms with Crippen molar-refractivity contribution >= 4 is 6.03 Å². The van der Waals surface area contributed by atoms with Gasteiger partial charge in [0, 0.05) is 38.8 Å². The van der Waals surface area contributed by atoms with Gasteiger partial charge in [0.05, 0.1) is 0 Å². The standard InChI is InChI=1S/C11H22N4O/c16-11(14-10-2-3-10)13-4-1-7-15-8-5-12-6-9-15/h10,12H,1-9H2,(H2,13,14,16). The van der Waals surface area contributed by atoms with Crippen molar-refractivity contribution in [1.82, 2.24) is 20.9 Å². The summed E-state index contributed by atoms with van der Waals surface area (Å²) in [5.41, 5.74) is 0. The van der Waals surface area contributed by atoms with Crippen LogP contribution in [-0.2, 0) is 0 Å². The highest BCUT2D eigenvalue weighted by molar-refractivity contribution is 5.74. The van der Waals surface area contributed by atoms with Gasteiger partial charge >= 0.3 is 6.03 Å². The van der Waals surface area contributed by atoms with E-state index in [0.717, 1.165) is 58.5 Å². The summed E-state index contributed by atoms with van der Waals surface area (Å²) in [5, 5.41) is 9.15. The highest BCUT2D eigenvalue weighted by Gasteiger charge is 2.22. The SMILES string of the molecule is O=C(NCCCN1CCNCC1)NC1CC1. The van der Waals surface area contributed by atoms with Crippen molar-refractivity contribution in [1.29, 1.82) is 0 Å². The van der Waals surface area contributed by atoms with Gasteiger partial charge in [0.1, 0.15) is 0 Å². The number of rotatable bonds is 5. The van der Waals surface area contributed by atoms with Gasteiger partial charge in [-0.1, -0.05) is 0 Å². The molecule has 2 aliphatic rings. The molecule has 16 heavy (non-hydrogen) atoms. The van der Waals surface area contributed by atoms with Gasteiger partial charge < -0.3 is 20.9 Å². The van der Waals surface area contributed by atoms with Crippen molar-refractivity contribution < 1.29 is 4.79 Å². The lowest BCUT2D eigenvalue weighted by Crippen LogP contribution is -2.44. The number of carbonyl (C=O) groups excluding carboxylic acids is 1. The summed E-state index contributed by atoms with van der Waals surface area (Å²) in [6.07, 6.45) is 3.33. The van der Waals surface area contributed by atoms with Crippen LogP contribution in [0.2, 0.25) is 0 Å². The second kappa shape index (κ2) is 6.06. The molecule has 2 rings (SSSR count). The molecule has 0 spiro atoms. The molecule has 3 N–H and O–H groups in total. The van der Waals surface area contributed by atoms with E-state index in [1.807, 2.05) is 0 Å². The van der Waals surface area contributed by atoms with Gasteiger partial charge in [-0.3, -0.25) is 0 Å². The number of nitrogens with zero attached hydrogens (tertiary/aromatic N) is 1. The third-order valence-electron chi connectivity index (χ3n) is 3.06. The minimum Gasteiger partial charge on any atom is -0.338 e. The molecule has 1 saturated heterocycles. The van der Waals surface area contributed by atoms with E-state index >= 15 is 0 Å². The Morgan fingerprint density at radius 1 is 1.31 bits per heavy atom. The van der Waals surface area contributed by atoms with E-state index in [-0.39, 0.29) is 6.03 Å². The number of amides is 2. The van der Waals surface area contributed by atoms with E-state index in [1.54, 1.807) is 0 Å². The monoisotopic (exact) mass is 226 g/mol. The maximum absolute atomic E-state index is 11.3. The van der Waals surface area contributed by atoms with Crippen LogP contribution in [0.3, 0.4) is 0 Å². The summed E-state index contributed by atoms with van der Waals surface area (Å²) in [6.45, 7) is 6.32. The molecule has 1 saturated carbocycles. The maximum Gasteiger partial charge on any atom is 0.315 e. The summed E-state index contributed by atoms with van der Waals surface area (Å²) in [6, 6.07) is 0.455. The topological polar surface area (TPSA) is 56.4 Å². The summed E-state index contributed by atoms with van der Waals surface area (Å²) >= 11 is 0. The first-order valence-electron chi connectivity index (χ1n) is 6.32. The third-order valence-corrected chi connectivity index (χ3v) is 3.06. The molecule has 2 amide bonds. The summed E-state index contributed by atoms with van der Waals surface area (Å²) in [4.78, 5) is 13.7. The lowest BCUT2D eigenvalue weighted by atomic mass is 10.3. The zero-order valence-corrected chi connectivity index (χ0v) is 9.80. The van der Waals surface area contributed by atoms with Crippen LogP contribution in [0.5, 0.6) is 0 Å². The summed E-state index contributed by atoms with van der Waals surface area (Å²) in [7, 11) is 0. The smallest absolute Gasteiger partial charge is 0.315 e. The highest BCUT2D eigenvalue weighted by Crippen LogP contribution is 2.18. The van der Waals surface area contributed by atoms with E-state index < -0.39 is 0 Å². The van der Waals surface area contributed by atoms with Crippen LogP contribution in [0.25, 0.3) is 0 Å². The molecule has 0 atom stereocenters. The molecule has 92 valence electrons. The molecule has 1 heterocycles. The Balaban J connectivity index is 1.45. The van der Waals surface area contributed by atoms with Crippen LogP contribution >= 0.6 is 0 Å². The zero-order valence-electron chi connectivity index (χ0n) is 9.80. The van der Waals surface area contributed by atoms with Gasteiger partial charge in [-0.25, -0.2) is 4.79 Å². The predicted octanol–water partition coefficient (Wildman–Crippen LogP) is -0.257. The average Bonchev–Trinajstić information content (AvgIpc) is 3.10. The van der Waals surface area contributed by atoms with Crippen LogP contribution in [0.15, 0.2) is 0 Å². The van der Waals surface area contributed by atoms with Crippen LogP contribution in [0.4, 0.5) is 4.79 Å². The largest absolute Gasteiger partial charge is 0.338 e. The van der Waals surface area contributed by atoms with Gasteiger partial charge in [-0.2, -0.15) is 0 Å². The first-order valence-corrected chi connectivity index (χ1v) is 6.32. The van der Waals surface area contributed by atoms with Gasteiger partial charge in [0.2, 0.25) is 0 Å². The second-order valence-corrected chi connectivity index (χ2v) is 4.62. The van der Waals surface area contributed by atoms with E-state index in [2.05, 4.69) is 20.9 Å². The van der Waals surface area contributed by atoms with Crippen molar-refractivity contribution in [3.05, 3.63) is 0 Å². The number of hydrogen-bond acceptors (Lipinski definition) is 3. The number of piperazine rings is 1. The van der Waals surface area contributed by atoms with Gasteiger partial charge in [-0.15, -0.1) is 0 Å². The fourth-order valence-corrected chi connectivity index (χ4v) is 1.90. The average molecular weight is 226 g/mol. The van der Waals surface area contributed by atoms with Crippen molar-refractivity contribution in [3.8, 4) is 0 Å². The molecular weight excluding hydrogens is 204 g/mol. The molecule has 1 aliphatic heterocycles. The Kier molecular flexibility index (Phi) is 4.42. The zero-order chi connectivity index (χ0) is 11.2. The van der Waals surface area contributed by atoms with E-state index in [4.69, 9.17) is 0 Å². The third kappa shape index (κ3) is 4.37. The molecular formula is C11H22N4O. The molecule has 0 radical (unpaired) electrons. The van der Waals surface area contributed by atoms with Crippen molar-refractivity contribution in [2.75, 3.05) is 39.3 Å². The lowest BCUT2D eigenvalue weighted by molar-refractivity contribution is 0.230. The van der Waals surface area contributed by atoms with Gasteiger partial charge in [0.15, 0.2) is 0 Å². The highest BCUT2D eigenvalue weighted by atomic mass is 16.2. The Hall–Kier alpha value is -0.810. The van der Waals surface area contributed by atoms with Gasteiger partial charge in [0.25, 0.3) is 0 Å². The van der Waals surface area contributed by atoms with E-state index in [0.29, 0.717) is 6.04 Å². The summed E-state index contributed by atoms with van der Waals surface area (Å²) in [5.74, 6) is 0. The molecule has 0 unspecified atom stereocenters. The molecule has 0 bridgehead atoms. The second-order valence-electron chi connectivity index (χ2n) is 4.62. The Morgan fingerprint density at radius 3 is 2.75 bits per heavy atom. The Bertz CT molecular complexity index is 224. The van der Waals surface area contributed by atoms with Crippen molar-refractivity contribution in [2.45, 2.75) is 25.3 Å². The minimum atomic E-state index is 0.00260. The Morgan fingerprint density at radius 2 is 2.06 bits per heavy atom. The quantitative estimate of drug-likeness (QED) is 0.566. The first-order chi connectivity index (χ1) is 7.84. The fourth-order valence-electron chi connectivity index (χ4n) is 1.90. The van der Waals surface area contributed by atoms with Crippen LogP contribution in [0.1, 0.15) is 19.3 Å². The van der Waals surface area contributed by atoms with Crippen LogP contribution < -0.4 is 16.0 Å². The fraction of sp³-hybridized carbons (Fsp3) is 0.909. The number of nitrogens with one attached hydrogen (secondary N) is 3. The van der Waals surface area contributed by atoms with Crippen LogP contribution in [-0.4, -0.2) is 56.2 Å². The minimum absolute atomic E-state index is 0.00260. The number of hydrogen-bond donors (Lipinski definition) is 3. The van der Waals surface area contributed by atoms with E-state index in [1.165, 1.54) is 0 Å². The molecule has 5 heteroatoms. The molecule has 0 aromatic heterocycles. The molecule has 2 fully saturated rings. The molecule has 0 aromatic rings. The predicted molar refractivity (Wildman–Crippen MR) is 63.5 cm³/mol. The lowest BCUT2D eigenvalue weighted by Gasteiger charge is -2.27. The van der Waals surface area contributed by atoms with Crippen LogP contribution in [0, 0.1) is 0 Å². The first kappa shape index (κ1) is 11.7. The number of urea groups is 1. The molecule has 0 aromatic carbocycles.